The number of para-hydroxylation sites is 2. The van der Waals surface area contributed by atoms with Gasteiger partial charge in [-0.25, -0.2) is 4.98 Å². The SMILES string of the molecule is Cc1cc(NC(=O)C(C)(C)C)sc1C(=O)NC(C)c1nc2ccccc2[nH]1. The number of thiophene rings is 1. The quantitative estimate of drug-likeness (QED) is 0.623. The topological polar surface area (TPSA) is 86.9 Å². The first-order valence-electron chi connectivity index (χ1n) is 8.82. The van der Waals surface area contributed by atoms with E-state index in [4.69, 9.17) is 0 Å². The number of anilines is 1. The smallest absolute Gasteiger partial charge is 0.262 e. The minimum atomic E-state index is -0.490. The Bertz CT molecular complexity index is 964. The van der Waals surface area contributed by atoms with Gasteiger partial charge in [0.1, 0.15) is 5.82 Å². The predicted molar refractivity (Wildman–Crippen MR) is 109 cm³/mol. The van der Waals surface area contributed by atoms with Crippen LogP contribution in [-0.4, -0.2) is 21.8 Å². The van der Waals surface area contributed by atoms with Crippen molar-refractivity contribution in [2.45, 2.75) is 40.7 Å². The van der Waals surface area contributed by atoms with Crippen molar-refractivity contribution in [2.24, 2.45) is 5.41 Å². The van der Waals surface area contributed by atoms with Gasteiger partial charge in [0.25, 0.3) is 5.91 Å². The van der Waals surface area contributed by atoms with Crippen molar-refractivity contribution in [3.8, 4) is 0 Å². The number of aromatic nitrogens is 2. The van der Waals surface area contributed by atoms with Gasteiger partial charge in [-0.05, 0) is 37.6 Å². The summed E-state index contributed by atoms with van der Waals surface area (Å²) in [6, 6.07) is 9.31. The predicted octanol–water partition coefficient (Wildman–Crippen LogP) is 4.41. The van der Waals surface area contributed by atoms with E-state index < -0.39 is 5.41 Å². The van der Waals surface area contributed by atoms with Crippen molar-refractivity contribution in [2.75, 3.05) is 5.32 Å². The highest BCUT2D eigenvalue weighted by Gasteiger charge is 2.23. The molecule has 1 atom stereocenters. The second-order valence-electron chi connectivity index (χ2n) is 7.66. The average molecular weight is 385 g/mol. The molecule has 2 aromatic heterocycles. The molecule has 0 spiro atoms. The van der Waals surface area contributed by atoms with Gasteiger partial charge in [-0.1, -0.05) is 32.9 Å². The van der Waals surface area contributed by atoms with Crippen LogP contribution in [0.15, 0.2) is 30.3 Å². The highest BCUT2D eigenvalue weighted by molar-refractivity contribution is 7.18. The van der Waals surface area contributed by atoms with Crippen LogP contribution in [0.4, 0.5) is 5.00 Å². The van der Waals surface area contributed by atoms with Gasteiger partial charge in [-0.3, -0.25) is 9.59 Å². The Labute approximate surface area is 162 Å². The van der Waals surface area contributed by atoms with Crippen LogP contribution in [0.1, 0.15) is 54.8 Å². The summed E-state index contributed by atoms with van der Waals surface area (Å²) in [7, 11) is 0. The van der Waals surface area contributed by atoms with E-state index in [1.807, 2.05) is 65.0 Å². The van der Waals surface area contributed by atoms with Crippen LogP contribution in [0.3, 0.4) is 0 Å². The minimum absolute atomic E-state index is 0.0775. The third-order valence-corrected chi connectivity index (χ3v) is 5.36. The summed E-state index contributed by atoms with van der Waals surface area (Å²) in [6.45, 7) is 9.31. The zero-order chi connectivity index (χ0) is 19.8. The lowest BCUT2D eigenvalue weighted by Crippen LogP contribution is -2.27. The zero-order valence-electron chi connectivity index (χ0n) is 16.1. The van der Waals surface area contributed by atoms with Crippen LogP contribution in [0.25, 0.3) is 11.0 Å². The molecule has 3 aromatic rings. The number of nitrogens with zero attached hydrogens (tertiary/aromatic N) is 1. The van der Waals surface area contributed by atoms with Crippen LogP contribution < -0.4 is 10.6 Å². The van der Waals surface area contributed by atoms with Crippen molar-refractivity contribution in [3.05, 3.63) is 46.6 Å². The Hall–Kier alpha value is -2.67. The summed E-state index contributed by atoms with van der Waals surface area (Å²) in [5.41, 5.74) is 2.15. The van der Waals surface area contributed by atoms with Crippen molar-refractivity contribution < 1.29 is 9.59 Å². The number of benzene rings is 1. The fraction of sp³-hybridized carbons (Fsp3) is 0.350. The maximum absolute atomic E-state index is 12.7. The molecule has 1 aromatic carbocycles. The number of carbonyl (C=O) groups is 2. The zero-order valence-corrected chi connectivity index (χ0v) is 17.0. The molecule has 7 heteroatoms. The van der Waals surface area contributed by atoms with E-state index in [-0.39, 0.29) is 17.9 Å². The van der Waals surface area contributed by atoms with E-state index in [1.165, 1.54) is 11.3 Å². The number of H-pyrrole nitrogens is 1. The Morgan fingerprint density at radius 2 is 1.93 bits per heavy atom. The first-order valence-corrected chi connectivity index (χ1v) is 9.64. The van der Waals surface area contributed by atoms with Crippen molar-refractivity contribution >= 4 is 39.2 Å². The maximum Gasteiger partial charge on any atom is 0.262 e. The number of hydrogen-bond donors (Lipinski definition) is 3. The molecule has 0 aliphatic carbocycles. The summed E-state index contributed by atoms with van der Waals surface area (Å²) in [4.78, 5) is 33.2. The van der Waals surface area contributed by atoms with Crippen LogP contribution in [0.5, 0.6) is 0 Å². The first-order chi connectivity index (χ1) is 12.6. The lowest BCUT2D eigenvalue weighted by atomic mass is 9.96. The largest absolute Gasteiger partial charge is 0.342 e. The molecule has 3 N–H and O–H groups in total. The van der Waals surface area contributed by atoms with Crippen LogP contribution in [0, 0.1) is 12.3 Å². The molecule has 0 bridgehead atoms. The van der Waals surface area contributed by atoms with Gasteiger partial charge in [-0.2, -0.15) is 0 Å². The molecule has 0 saturated heterocycles. The molecule has 0 fully saturated rings. The highest BCUT2D eigenvalue weighted by Crippen LogP contribution is 2.29. The first kappa shape index (κ1) is 19.1. The van der Waals surface area contributed by atoms with Crippen LogP contribution in [-0.2, 0) is 4.79 Å². The number of carbonyl (C=O) groups excluding carboxylic acids is 2. The number of amides is 2. The summed E-state index contributed by atoms with van der Waals surface area (Å²) >= 11 is 1.28. The number of aryl methyl sites for hydroxylation is 1. The Balaban J connectivity index is 1.73. The van der Waals surface area contributed by atoms with Crippen molar-refractivity contribution in [3.63, 3.8) is 0 Å². The summed E-state index contributed by atoms with van der Waals surface area (Å²) < 4.78 is 0. The van der Waals surface area contributed by atoms with Gasteiger partial charge in [0.05, 0.1) is 27.0 Å². The van der Waals surface area contributed by atoms with E-state index in [1.54, 1.807) is 0 Å². The van der Waals surface area contributed by atoms with Crippen molar-refractivity contribution in [1.29, 1.82) is 0 Å². The fourth-order valence-electron chi connectivity index (χ4n) is 2.58. The molecule has 27 heavy (non-hydrogen) atoms. The number of imidazole rings is 1. The molecule has 3 rings (SSSR count). The van der Waals surface area contributed by atoms with Gasteiger partial charge in [0.15, 0.2) is 0 Å². The molecule has 6 nitrogen and oxygen atoms in total. The summed E-state index contributed by atoms with van der Waals surface area (Å²) in [5.74, 6) is 0.452. The lowest BCUT2D eigenvalue weighted by molar-refractivity contribution is -0.123. The molecular weight excluding hydrogens is 360 g/mol. The Morgan fingerprint density at radius 1 is 1.22 bits per heavy atom. The number of hydrogen-bond acceptors (Lipinski definition) is 4. The number of fused-ring (bicyclic) bond motifs is 1. The number of aromatic amines is 1. The molecule has 142 valence electrons. The summed E-state index contributed by atoms with van der Waals surface area (Å²) in [5, 5.41) is 6.53. The number of rotatable bonds is 4. The molecular formula is C20H24N4O2S. The minimum Gasteiger partial charge on any atom is -0.342 e. The van der Waals surface area contributed by atoms with Crippen LogP contribution >= 0.6 is 11.3 Å². The van der Waals surface area contributed by atoms with Gasteiger partial charge in [0, 0.05) is 5.41 Å². The van der Waals surface area contributed by atoms with E-state index in [2.05, 4.69) is 20.6 Å². The molecule has 2 amide bonds. The van der Waals surface area contributed by atoms with Crippen molar-refractivity contribution in [1.82, 2.24) is 15.3 Å². The maximum atomic E-state index is 12.7. The van der Waals surface area contributed by atoms with E-state index in [0.29, 0.717) is 15.7 Å². The van der Waals surface area contributed by atoms with Crippen LogP contribution in [0.2, 0.25) is 0 Å². The molecule has 0 aliphatic heterocycles. The average Bonchev–Trinajstić information content (AvgIpc) is 3.17. The standard InChI is InChI=1S/C20H24N4O2S/c1-11-10-15(24-19(26)20(3,4)5)27-16(11)18(25)21-12(2)17-22-13-8-6-7-9-14(13)23-17/h6-10,12H,1-5H3,(H,21,25)(H,22,23)(H,24,26). The summed E-state index contributed by atoms with van der Waals surface area (Å²) in [6.07, 6.45) is 0. The third kappa shape index (κ3) is 4.19. The second kappa shape index (κ2) is 7.15. The molecule has 1 unspecified atom stereocenters. The van der Waals surface area contributed by atoms with E-state index in [0.717, 1.165) is 16.6 Å². The third-order valence-electron chi connectivity index (χ3n) is 4.21. The Kier molecular flexibility index (Phi) is 5.06. The van der Waals surface area contributed by atoms with Gasteiger partial charge >= 0.3 is 0 Å². The monoisotopic (exact) mass is 384 g/mol. The van der Waals surface area contributed by atoms with E-state index in [9.17, 15) is 9.59 Å². The van der Waals surface area contributed by atoms with E-state index >= 15 is 0 Å². The molecule has 0 radical (unpaired) electrons. The second-order valence-corrected chi connectivity index (χ2v) is 8.71. The molecule has 0 aliphatic rings. The van der Waals surface area contributed by atoms with Gasteiger partial charge in [0.2, 0.25) is 5.91 Å². The number of nitrogens with one attached hydrogen (secondary N) is 3. The molecule has 0 saturated carbocycles. The lowest BCUT2D eigenvalue weighted by Gasteiger charge is -2.16. The molecule has 2 heterocycles. The van der Waals surface area contributed by atoms with Gasteiger partial charge < -0.3 is 15.6 Å². The van der Waals surface area contributed by atoms with Gasteiger partial charge in [-0.15, -0.1) is 11.3 Å². The highest BCUT2D eigenvalue weighted by atomic mass is 32.1. The fourth-order valence-corrected chi connectivity index (χ4v) is 3.55. The Morgan fingerprint density at radius 3 is 2.59 bits per heavy atom. The normalized spacial score (nSPS) is 12.8.